The van der Waals surface area contributed by atoms with Crippen molar-refractivity contribution in [1.82, 2.24) is 14.5 Å². The second kappa shape index (κ2) is 9.20. The van der Waals surface area contributed by atoms with E-state index in [1.54, 1.807) is 16.8 Å². The fraction of sp³-hybridized carbons (Fsp3) is 0.286. The minimum Gasteiger partial charge on any atom is -0.355 e. The van der Waals surface area contributed by atoms with E-state index >= 15 is 0 Å². The van der Waals surface area contributed by atoms with Crippen LogP contribution in [0.2, 0.25) is 0 Å². The number of fused-ring (bicyclic) bond motifs is 1. The predicted molar refractivity (Wildman–Crippen MR) is 135 cm³/mol. The lowest BCUT2D eigenvalue weighted by atomic mass is 9.89. The van der Waals surface area contributed by atoms with Gasteiger partial charge in [-0.3, -0.25) is 9.78 Å². The van der Waals surface area contributed by atoms with Gasteiger partial charge in [-0.15, -0.1) is 0 Å². The summed E-state index contributed by atoms with van der Waals surface area (Å²) in [6, 6.07) is 22.5. The Morgan fingerprint density at radius 1 is 0.970 bits per heavy atom. The molecule has 0 unspecified atom stereocenters. The fourth-order valence-corrected chi connectivity index (χ4v) is 4.71. The number of anilines is 2. The second-order valence-electron chi connectivity index (χ2n) is 9.12. The quantitative estimate of drug-likeness (QED) is 0.459. The van der Waals surface area contributed by atoms with E-state index in [0.717, 1.165) is 33.5 Å². The van der Waals surface area contributed by atoms with Crippen LogP contribution in [-0.4, -0.2) is 34.6 Å². The summed E-state index contributed by atoms with van der Waals surface area (Å²) in [7, 11) is 2.20. The van der Waals surface area contributed by atoms with E-state index in [-0.39, 0.29) is 5.56 Å². The number of aryl methyl sites for hydroxylation is 1. The minimum absolute atomic E-state index is 0.0211. The topological polar surface area (TPSA) is 50.2 Å². The highest BCUT2D eigenvalue weighted by molar-refractivity contribution is 5.83. The molecule has 5 rings (SSSR count). The van der Waals surface area contributed by atoms with Gasteiger partial charge in [0.1, 0.15) is 0 Å². The van der Waals surface area contributed by atoms with Gasteiger partial charge in [-0.1, -0.05) is 24.3 Å². The van der Waals surface area contributed by atoms with Gasteiger partial charge in [-0.05, 0) is 98.7 Å². The standard InChI is InChI=1S/C28H30N4O/c1-20-4-3-15-29-26(20)19-32-27-18-25(11-7-23(27)8-12-28(32)33)30-24-9-5-21(6-10-24)22-13-16-31(2)17-14-22/h3-12,15,18,22,30H,13-14,16-17,19H2,1-2H3. The van der Waals surface area contributed by atoms with Gasteiger partial charge < -0.3 is 14.8 Å². The summed E-state index contributed by atoms with van der Waals surface area (Å²) in [6.45, 7) is 4.82. The van der Waals surface area contributed by atoms with E-state index in [4.69, 9.17) is 0 Å². The molecule has 3 heterocycles. The first-order valence-electron chi connectivity index (χ1n) is 11.7. The highest BCUT2D eigenvalue weighted by Crippen LogP contribution is 2.29. The van der Waals surface area contributed by atoms with Crippen LogP contribution in [0.3, 0.4) is 0 Å². The van der Waals surface area contributed by atoms with Crippen molar-refractivity contribution in [3.05, 3.63) is 100 Å². The number of rotatable bonds is 5. The van der Waals surface area contributed by atoms with Crippen LogP contribution in [0.1, 0.15) is 35.6 Å². The third kappa shape index (κ3) is 4.69. The lowest BCUT2D eigenvalue weighted by molar-refractivity contribution is 0.255. The number of piperidine rings is 1. The number of hydrogen-bond donors (Lipinski definition) is 1. The average Bonchev–Trinajstić information content (AvgIpc) is 2.83. The van der Waals surface area contributed by atoms with Crippen LogP contribution in [-0.2, 0) is 6.54 Å². The minimum atomic E-state index is -0.0211. The molecule has 2 aromatic carbocycles. The zero-order valence-corrected chi connectivity index (χ0v) is 19.3. The first kappa shape index (κ1) is 21.4. The number of nitrogens with zero attached hydrogens (tertiary/aromatic N) is 3. The zero-order valence-electron chi connectivity index (χ0n) is 19.3. The van der Waals surface area contributed by atoms with Gasteiger partial charge >= 0.3 is 0 Å². The molecule has 0 amide bonds. The molecule has 0 atom stereocenters. The molecule has 1 saturated heterocycles. The lowest BCUT2D eigenvalue weighted by Gasteiger charge is -2.29. The number of benzene rings is 2. The van der Waals surface area contributed by atoms with Crippen LogP contribution >= 0.6 is 0 Å². The monoisotopic (exact) mass is 438 g/mol. The van der Waals surface area contributed by atoms with E-state index in [2.05, 4.69) is 64.7 Å². The Morgan fingerprint density at radius 3 is 2.45 bits per heavy atom. The molecule has 0 spiro atoms. The van der Waals surface area contributed by atoms with Crippen molar-refractivity contribution < 1.29 is 0 Å². The molecular formula is C28H30N4O. The summed E-state index contributed by atoms with van der Waals surface area (Å²) in [6.07, 6.45) is 4.23. The van der Waals surface area contributed by atoms with E-state index in [9.17, 15) is 4.79 Å². The Morgan fingerprint density at radius 2 is 1.70 bits per heavy atom. The van der Waals surface area contributed by atoms with Crippen molar-refractivity contribution in [2.45, 2.75) is 32.2 Å². The van der Waals surface area contributed by atoms with Gasteiger partial charge in [0.25, 0.3) is 5.56 Å². The van der Waals surface area contributed by atoms with Crippen molar-refractivity contribution in [1.29, 1.82) is 0 Å². The molecule has 4 aromatic rings. The molecule has 0 bridgehead atoms. The van der Waals surface area contributed by atoms with Crippen LogP contribution in [0.4, 0.5) is 11.4 Å². The van der Waals surface area contributed by atoms with Gasteiger partial charge in [-0.2, -0.15) is 0 Å². The summed E-state index contributed by atoms with van der Waals surface area (Å²) in [5.74, 6) is 0.653. The van der Waals surface area contributed by atoms with Crippen molar-refractivity contribution in [2.75, 3.05) is 25.5 Å². The second-order valence-corrected chi connectivity index (χ2v) is 9.12. The molecule has 33 heavy (non-hydrogen) atoms. The largest absolute Gasteiger partial charge is 0.355 e. The Kier molecular flexibility index (Phi) is 5.97. The van der Waals surface area contributed by atoms with Crippen molar-refractivity contribution in [2.24, 2.45) is 0 Å². The highest BCUT2D eigenvalue weighted by atomic mass is 16.1. The van der Waals surface area contributed by atoms with Crippen molar-refractivity contribution in [3.63, 3.8) is 0 Å². The predicted octanol–water partition coefficient (Wildman–Crippen LogP) is 5.31. The number of likely N-dealkylation sites (tertiary alicyclic amines) is 1. The molecule has 1 aliphatic rings. The fourth-order valence-electron chi connectivity index (χ4n) is 4.71. The number of aromatic nitrogens is 2. The first-order valence-corrected chi connectivity index (χ1v) is 11.7. The maximum Gasteiger partial charge on any atom is 0.251 e. The molecule has 1 fully saturated rings. The third-order valence-corrected chi connectivity index (χ3v) is 6.81. The number of hydrogen-bond acceptors (Lipinski definition) is 4. The maximum absolute atomic E-state index is 12.7. The van der Waals surface area contributed by atoms with Crippen LogP contribution < -0.4 is 10.9 Å². The average molecular weight is 439 g/mol. The summed E-state index contributed by atoms with van der Waals surface area (Å²) < 4.78 is 1.80. The molecule has 2 aromatic heterocycles. The SMILES string of the molecule is Cc1cccnc1Cn1c(=O)ccc2ccc(Nc3ccc(C4CCN(C)CC4)cc3)cc21. The molecular weight excluding hydrogens is 408 g/mol. The van der Waals surface area contributed by atoms with Gasteiger partial charge in [-0.25, -0.2) is 0 Å². The number of pyridine rings is 2. The first-order chi connectivity index (χ1) is 16.1. The van der Waals surface area contributed by atoms with Crippen LogP contribution in [0.5, 0.6) is 0 Å². The summed E-state index contributed by atoms with van der Waals surface area (Å²) in [4.78, 5) is 19.6. The molecule has 0 radical (unpaired) electrons. The van der Waals surface area contributed by atoms with Crippen LogP contribution in [0.15, 0.2) is 77.7 Å². The van der Waals surface area contributed by atoms with Gasteiger partial charge in [0, 0.05) is 23.6 Å². The molecule has 1 N–H and O–H groups in total. The van der Waals surface area contributed by atoms with E-state index in [0.29, 0.717) is 12.5 Å². The summed E-state index contributed by atoms with van der Waals surface area (Å²) in [5.41, 5.74) is 6.32. The Labute approximate surface area is 194 Å². The van der Waals surface area contributed by atoms with Crippen LogP contribution in [0.25, 0.3) is 10.9 Å². The summed E-state index contributed by atoms with van der Waals surface area (Å²) in [5, 5.41) is 4.55. The lowest BCUT2D eigenvalue weighted by Crippen LogP contribution is -2.29. The molecule has 5 heteroatoms. The van der Waals surface area contributed by atoms with E-state index in [1.807, 2.05) is 25.1 Å². The Hall–Kier alpha value is -3.44. The molecule has 0 aliphatic carbocycles. The molecule has 1 aliphatic heterocycles. The Balaban J connectivity index is 1.40. The van der Waals surface area contributed by atoms with Crippen molar-refractivity contribution >= 4 is 22.3 Å². The maximum atomic E-state index is 12.7. The van der Waals surface area contributed by atoms with E-state index in [1.165, 1.54) is 31.5 Å². The normalized spacial score (nSPS) is 15.1. The van der Waals surface area contributed by atoms with Crippen LogP contribution in [0, 0.1) is 6.92 Å². The van der Waals surface area contributed by atoms with Crippen molar-refractivity contribution in [3.8, 4) is 0 Å². The van der Waals surface area contributed by atoms with Gasteiger partial charge in [0.15, 0.2) is 0 Å². The smallest absolute Gasteiger partial charge is 0.251 e. The molecule has 0 saturated carbocycles. The molecule has 168 valence electrons. The van der Waals surface area contributed by atoms with Gasteiger partial charge in [0.05, 0.1) is 17.8 Å². The molecule has 5 nitrogen and oxygen atoms in total. The third-order valence-electron chi connectivity index (χ3n) is 6.81. The highest BCUT2D eigenvalue weighted by Gasteiger charge is 2.18. The Bertz CT molecular complexity index is 1320. The van der Waals surface area contributed by atoms with Gasteiger partial charge in [0.2, 0.25) is 0 Å². The zero-order chi connectivity index (χ0) is 22.8. The summed E-state index contributed by atoms with van der Waals surface area (Å²) >= 11 is 0. The number of nitrogens with one attached hydrogen (secondary N) is 1. The van der Waals surface area contributed by atoms with E-state index < -0.39 is 0 Å².